The van der Waals surface area contributed by atoms with Crippen LogP contribution >= 0.6 is 0 Å². The van der Waals surface area contributed by atoms with Gasteiger partial charge in [-0.2, -0.15) is 13.2 Å². The molecule has 1 unspecified atom stereocenters. The molecule has 2 aromatic carbocycles. The molecular weight excluding hydrogens is 512 g/mol. The second kappa shape index (κ2) is 10.1. The number of likely N-dealkylation sites (tertiary alicyclic amines) is 1. The van der Waals surface area contributed by atoms with Gasteiger partial charge in [-0.25, -0.2) is 12.8 Å². The van der Waals surface area contributed by atoms with Gasteiger partial charge in [0.05, 0.1) is 16.5 Å². The van der Waals surface area contributed by atoms with Crippen molar-refractivity contribution in [3.63, 3.8) is 0 Å². The lowest BCUT2D eigenvalue weighted by Crippen LogP contribution is -2.49. The standard InChI is InChI=1S/C26H28F4N2O4S/c1-3-18-10-12-22(32(18)25(34)17-5-4-6-19(13-17)37(2,35)36)24(33)31-23(15-7-8-15)16-9-11-20(21(27)14-16)26(28,29)30/h4-6,9,11,13-15,18,22-23H,3,7-8,10,12H2,1-2H3,(H,31,33)/t18-,22-,23?/m1/s1. The summed E-state index contributed by atoms with van der Waals surface area (Å²) in [5, 5.41) is 2.86. The Balaban J connectivity index is 1.59. The highest BCUT2D eigenvalue weighted by molar-refractivity contribution is 7.90. The summed E-state index contributed by atoms with van der Waals surface area (Å²) in [4.78, 5) is 28.4. The number of carbonyl (C=O) groups excluding carboxylic acids is 2. The topological polar surface area (TPSA) is 83.6 Å². The van der Waals surface area contributed by atoms with E-state index >= 15 is 0 Å². The van der Waals surface area contributed by atoms with Gasteiger partial charge in [0.25, 0.3) is 5.91 Å². The molecule has 0 spiro atoms. The average molecular weight is 541 g/mol. The highest BCUT2D eigenvalue weighted by Gasteiger charge is 2.43. The van der Waals surface area contributed by atoms with E-state index in [1.54, 1.807) is 0 Å². The van der Waals surface area contributed by atoms with E-state index in [4.69, 9.17) is 0 Å². The molecule has 2 amide bonds. The van der Waals surface area contributed by atoms with Gasteiger partial charge in [-0.05, 0) is 73.9 Å². The van der Waals surface area contributed by atoms with Crippen LogP contribution in [0.4, 0.5) is 17.6 Å². The number of sulfone groups is 1. The second-order valence-corrected chi connectivity index (χ2v) is 11.7. The zero-order valence-corrected chi connectivity index (χ0v) is 21.2. The number of amides is 2. The number of hydrogen-bond donors (Lipinski definition) is 1. The Morgan fingerprint density at radius 3 is 2.35 bits per heavy atom. The van der Waals surface area contributed by atoms with Crippen molar-refractivity contribution in [2.75, 3.05) is 6.26 Å². The largest absolute Gasteiger partial charge is 0.419 e. The maximum absolute atomic E-state index is 14.3. The normalized spacial score (nSPS) is 21.1. The number of hydrogen-bond acceptors (Lipinski definition) is 4. The number of rotatable bonds is 7. The second-order valence-electron chi connectivity index (χ2n) is 9.73. The molecule has 6 nitrogen and oxygen atoms in total. The van der Waals surface area contributed by atoms with Crippen LogP contribution in [0, 0.1) is 11.7 Å². The van der Waals surface area contributed by atoms with E-state index < -0.39 is 51.3 Å². The Labute approximate surface area is 213 Å². The van der Waals surface area contributed by atoms with E-state index in [2.05, 4.69) is 5.32 Å². The summed E-state index contributed by atoms with van der Waals surface area (Å²) >= 11 is 0. The van der Waals surface area contributed by atoms with Crippen LogP contribution in [0.1, 0.15) is 66.6 Å². The third-order valence-electron chi connectivity index (χ3n) is 7.07. The summed E-state index contributed by atoms with van der Waals surface area (Å²) in [6, 6.07) is 6.54. The van der Waals surface area contributed by atoms with Gasteiger partial charge < -0.3 is 10.2 Å². The van der Waals surface area contributed by atoms with Crippen molar-refractivity contribution in [1.29, 1.82) is 0 Å². The van der Waals surface area contributed by atoms with Crippen LogP contribution in [0.15, 0.2) is 47.4 Å². The Morgan fingerprint density at radius 1 is 1.08 bits per heavy atom. The third-order valence-corrected chi connectivity index (χ3v) is 8.18. The minimum atomic E-state index is -4.82. The quantitative estimate of drug-likeness (QED) is 0.507. The maximum atomic E-state index is 14.3. The van der Waals surface area contributed by atoms with Crippen LogP contribution in [-0.4, -0.2) is 43.5 Å². The first-order valence-electron chi connectivity index (χ1n) is 12.1. The number of benzene rings is 2. The predicted octanol–water partition coefficient (Wildman–Crippen LogP) is 4.90. The lowest BCUT2D eigenvalue weighted by atomic mass is 9.99. The average Bonchev–Trinajstić information content (AvgIpc) is 3.58. The smallest absolute Gasteiger partial charge is 0.347 e. The molecule has 1 saturated carbocycles. The Morgan fingerprint density at radius 2 is 1.78 bits per heavy atom. The summed E-state index contributed by atoms with van der Waals surface area (Å²) in [6.45, 7) is 1.89. The van der Waals surface area contributed by atoms with Crippen LogP contribution in [0.25, 0.3) is 0 Å². The third kappa shape index (κ3) is 5.81. The summed E-state index contributed by atoms with van der Waals surface area (Å²) in [6.07, 6.45) is -0.796. The van der Waals surface area contributed by atoms with Gasteiger partial charge >= 0.3 is 6.18 Å². The van der Waals surface area contributed by atoms with E-state index in [1.165, 1.54) is 35.2 Å². The van der Waals surface area contributed by atoms with E-state index in [0.717, 1.165) is 25.2 Å². The molecule has 4 rings (SSSR count). The van der Waals surface area contributed by atoms with Gasteiger partial charge in [0.2, 0.25) is 5.91 Å². The molecule has 2 aliphatic rings. The fraction of sp³-hybridized carbons (Fsp3) is 0.462. The molecule has 1 aliphatic heterocycles. The molecule has 1 N–H and O–H groups in total. The van der Waals surface area contributed by atoms with Crippen LogP contribution < -0.4 is 5.32 Å². The van der Waals surface area contributed by atoms with E-state index in [9.17, 15) is 35.6 Å². The van der Waals surface area contributed by atoms with Crippen molar-refractivity contribution in [2.24, 2.45) is 5.92 Å². The Hall–Kier alpha value is -2.95. The molecular formula is C26H28F4N2O4S. The number of nitrogens with zero attached hydrogens (tertiary/aromatic N) is 1. The van der Waals surface area contributed by atoms with Crippen LogP contribution in [0.3, 0.4) is 0 Å². The first-order chi connectivity index (χ1) is 17.3. The first kappa shape index (κ1) is 27.1. The van der Waals surface area contributed by atoms with Gasteiger partial charge in [-0.15, -0.1) is 0 Å². The van der Waals surface area contributed by atoms with E-state index in [1.807, 2.05) is 6.92 Å². The molecule has 200 valence electrons. The van der Waals surface area contributed by atoms with Gasteiger partial charge in [0, 0.05) is 17.9 Å². The number of halogens is 4. The lowest BCUT2D eigenvalue weighted by Gasteiger charge is -2.31. The molecule has 37 heavy (non-hydrogen) atoms. The molecule has 1 saturated heterocycles. The first-order valence-corrected chi connectivity index (χ1v) is 14.0. The summed E-state index contributed by atoms with van der Waals surface area (Å²) < 4.78 is 77.2. The number of carbonyl (C=O) groups is 2. The highest BCUT2D eigenvalue weighted by Crippen LogP contribution is 2.42. The maximum Gasteiger partial charge on any atom is 0.419 e. The molecule has 3 atom stereocenters. The van der Waals surface area contributed by atoms with Crippen molar-refractivity contribution in [3.8, 4) is 0 Å². The van der Waals surface area contributed by atoms with E-state index in [0.29, 0.717) is 25.3 Å². The van der Waals surface area contributed by atoms with Crippen molar-refractivity contribution in [2.45, 2.75) is 68.2 Å². The summed E-state index contributed by atoms with van der Waals surface area (Å²) in [5.74, 6) is -2.39. The van der Waals surface area contributed by atoms with Crippen LogP contribution in [0.2, 0.25) is 0 Å². The minimum Gasteiger partial charge on any atom is -0.347 e. The predicted molar refractivity (Wildman–Crippen MR) is 128 cm³/mol. The number of alkyl halides is 3. The molecule has 2 fully saturated rings. The Bertz CT molecular complexity index is 1310. The van der Waals surface area contributed by atoms with Crippen LogP contribution in [-0.2, 0) is 20.8 Å². The fourth-order valence-electron chi connectivity index (χ4n) is 4.96. The van der Waals surface area contributed by atoms with Crippen molar-refractivity contribution < 1.29 is 35.6 Å². The highest BCUT2D eigenvalue weighted by atomic mass is 32.2. The zero-order valence-electron chi connectivity index (χ0n) is 20.4. The molecule has 1 aliphatic carbocycles. The van der Waals surface area contributed by atoms with Crippen molar-refractivity contribution >= 4 is 21.7 Å². The molecule has 11 heteroatoms. The van der Waals surface area contributed by atoms with Gasteiger partial charge in [-0.3, -0.25) is 9.59 Å². The summed E-state index contributed by atoms with van der Waals surface area (Å²) in [5.41, 5.74) is -0.985. The zero-order chi connectivity index (χ0) is 27.1. The van der Waals surface area contributed by atoms with Crippen LogP contribution in [0.5, 0.6) is 0 Å². The van der Waals surface area contributed by atoms with Gasteiger partial charge in [0.1, 0.15) is 11.9 Å². The molecule has 0 bridgehead atoms. The van der Waals surface area contributed by atoms with Gasteiger partial charge in [-0.1, -0.05) is 19.1 Å². The minimum absolute atomic E-state index is 0.00951. The van der Waals surface area contributed by atoms with E-state index in [-0.39, 0.29) is 28.0 Å². The van der Waals surface area contributed by atoms with Crippen molar-refractivity contribution in [3.05, 3.63) is 65.0 Å². The van der Waals surface area contributed by atoms with Gasteiger partial charge in [0.15, 0.2) is 9.84 Å². The number of nitrogens with one attached hydrogen (secondary N) is 1. The van der Waals surface area contributed by atoms with Crippen molar-refractivity contribution in [1.82, 2.24) is 10.2 Å². The lowest BCUT2D eigenvalue weighted by molar-refractivity contribution is -0.140. The fourth-order valence-corrected chi connectivity index (χ4v) is 5.63. The Kier molecular flexibility index (Phi) is 7.38. The molecule has 1 heterocycles. The summed E-state index contributed by atoms with van der Waals surface area (Å²) in [7, 11) is -3.55. The monoisotopic (exact) mass is 540 g/mol. The molecule has 2 aromatic rings. The molecule has 0 aromatic heterocycles. The SMILES string of the molecule is CC[C@@H]1CC[C@H](C(=O)NC(c2ccc(C(F)(F)F)c(F)c2)C2CC2)N1C(=O)c1cccc(S(C)(=O)=O)c1. The molecule has 0 radical (unpaired) electrons.